The molecule has 0 unspecified atom stereocenters. The van der Waals surface area contributed by atoms with E-state index in [4.69, 9.17) is 11.6 Å². The van der Waals surface area contributed by atoms with E-state index >= 15 is 0 Å². The summed E-state index contributed by atoms with van der Waals surface area (Å²) in [5.74, 6) is 0.369. The zero-order chi connectivity index (χ0) is 20.9. The second kappa shape index (κ2) is 9.29. The van der Waals surface area contributed by atoms with Gasteiger partial charge in [0, 0.05) is 34.2 Å². The first kappa shape index (κ1) is 20.4. The molecule has 4 rings (SSSR count). The predicted octanol–water partition coefficient (Wildman–Crippen LogP) is 6.53. The van der Waals surface area contributed by atoms with Gasteiger partial charge < -0.3 is 10.3 Å². The molecule has 0 radical (unpaired) electrons. The van der Waals surface area contributed by atoms with Crippen LogP contribution < -0.4 is 5.32 Å². The molecule has 0 fully saturated rings. The van der Waals surface area contributed by atoms with Crippen LogP contribution in [-0.4, -0.2) is 17.3 Å². The van der Waals surface area contributed by atoms with Crippen molar-refractivity contribution in [1.82, 2.24) is 10.3 Å². The van der Waals surface area contributed by atoms with Crippen molar-refractivity contribution >= 4 is 28.3 Å². The van der Waals surface area contributed by atoms with Crippen molar-refractivity contribution in [2.45, 2.75) is 25.3 Å². The van der Waals surface area contributed by atoms with Crippen LogP contribution in [0.25, 0.3) is 10.9 Å². The lowest BCUT2D eigenvalue weighted by Gasteiger charge is -2.22. The molecule has 3 aromatic carbocycles. The van der Waals surface area contributed by atoms with E-state index < -0.39 is 6.04 Å². The Hall–Kier alpha value is -2.88. The van der Waals surface area contributed by atoms with Gasteiger partial charge in [-0.1, -0.05) is 79.2 Å². The molecule has 152 valence electrons. The van der Waals surface area contributed by atoms with Crippen LogP contribution in [0.1, 0.15) is 46.8 Å². The number of fused-ring (bicyclic) bond motifs is 1. The molecule has 0 bridgehead atoms. The Labute approximate surface area is 182 Å². The van der Waals surface area contributed by atoms with Crippen molar-refractivity contribution in [2.75, 3.05) is 6.54 Å². The number of H-pyrrole nitrogens is 1. The van der Waals surface area contributed by atoms with Crippen LogP contribution in [-0.2, 0) is 0 Å². The van der Waals surface area contributed by atoms with E-state index in [0.29, 0.717) is 18.0 Å². The minimum absolute atomic E-state index is 0.0737. The minimum atomic E-state index is -0.410. The molecule has 0 amide bonds. The SMILES string of the molecule is CC[C@H](CN[C@@H](C(=O)c1c[nH]c2ccccc12)c1ccccc1)c1ccc(Cl)cc1. The molecule has 30 heavy (non-hydrogen) atoms. The zero-order valence-electron chi connectivity index (χ0n) is 16.9. The van der Waals surface area contributed by atoms with Gasteiger partial charge in [0.25, 0.3) is 0 Å². The molecule has 2 atom stereocenters. The van der Waals surface area contributed by atoms with Gasteiger partial charge in [-0.15, -0.1) is 0 Å². The van der Waals surface area contributed by atoms with Crippen molar-refractivity contribution < 1.29 is 4.79 Å². The second-order valence-corrected chi connectivity index (χ2v) is 7.96. The highest BCUT2D eigenvalue weighted by Gasteiger charge is 2.25. The van der Waals surface area contributed by atoms with E-state index in [1.54, 1.807) is 0 Å². The number of Topliss-reactive ketones (excluding diaryl/α,β-unsaturated/α-hetero) is 1. The Morgan fingerprint density at radius 1 is 0.933 bits per heavy atom. The molecule has 0 saturated carbocycles. The van der Waals surface area contributed by atoms with Crippen molar-refractivity contribution in [3.63, 3.8) is 0 Å². The Morgan fingerprint density at radius 3 is 2.37 bits per heavy atom. The fourth-order valence-electron chi connectivity index (χ4n) is 3.93. The molecule has 0 aliphatic rings. The highest BCUT2D eigenvalue weighted by molar-refractivity contribution is 6.30. The first-order valence-electron chi connectivity index (χ1n) is 10.3. The first-order chi connectivity index (χ1) is 14.7. The monoisotopic (exact) mass is 416 g/mol. The number of hydrogen-bond acceptors (Lipinski definition) is 2. The summed E-state index contributed by atoms with van der Waals surface area (Å²) in [6.45, 7) is 2.87. The molecule has 1 aromatic heterocycles. The minimum Gasteiger partial charge on any atom is -0.360 e. The number of para-hydroxylation sites is 1. The number of carbonyl (C=O) groups is 1. The molecule has 1 heterocycles. The average molecular weight is 417 g/mol. The van der Waals surface area contributed by atoms with Crippen molar-refractivity contribution in [3.05, 3.63) is 107 Å². The summed E-state index contributed by atoms with van der Waals surface area (Å²) in [6.07, 6.45) is 2.79. The van der Waals surface area contributed by atoms with E-state index in [0.717, 1.165) is 27.9 Å². The number of halogens is 1. The Kier molecular flexibility index (Phi) is 6.32. The Bertz CT molecular complexity index is 1120. The Balaban J connectivity index is 1.62. The van der Waals surface area contributed by atoms with Gasteiger partial charge in [0.05, 0.1) is 6.04 Å². The van der Waals surface area contributed by atoms with Crippen LogP contribution in [0.5, 0.6) is 0 Å². The third kappa shape index (κ3) is 4.33. The molecule has 3 nitrogen and oxygen atoms in total. The molecular formula is C26H25ClN2O. The molecule has 0 aliphatic heterocycles. The quantitative estimate of drug-likeness (QED) is 0.321. The van der Waals surface area contributed by atoms with Crippen LogP contribution in [0.3, 0.4) is 0 Å². The number of carbonyl (C=O) groups excluding carboxylic acids is 1. The highest BCUT2D eigenvalue weighted by Crippen LogP contribution is 2.27. The smallest absolute Gasteiger partial charge is 0.186 e. The van der Waals surface area contributed by atoms with Gasteiger partial charge in [-0.3, -0.25) is 4.79 Å². The maximum absolute atomic E-state index is 13.6. The van der Waals surface area contributed by atoms with Crippen LogP contribution in [0, 0.1) is 0 Å². The topological polar surface area (TPSA) is 44.9 Å². The highest BCUT2D eigenvalue weighted by atomic mass is 35.5. The number of hydrogen-bond donors (Lipinski definition) is 2. The number of aromatic amines is 1. The van der Waals surface area contributed by atoms with Crippen molar-refractivity contribution in [2.24, 2.45) is 0 Å². The van der Waals surface area contributed by atoms with Gasteiger partial charge in [0.2, 0.25) is 0 Å². The maximum Gasteiger partial charge on any atom is 0.186 e. The number of benzene rings is 3. The standard InChI is InChI=1S/C26H25ClN2O/c1-2-18(19-12-14-21(27)15-13-19)16-29-25(20-8-4-3-5-9-20)26(30)23-17-28-24-11-7-6-10-22(23)24/h3-15,17-18,25,28-29H,2,16H2,1H3/t18-,25-/m1/s1. The summed E-state index contributed by atoms with van der Waals surface area (Å²) in [5, 5.41) is 5.24. The normalized spacial score (nSPS) is 13.3. The van der Waals surface area contributed by atoms with Gasteiger partial charge in [-0.2, -0.15) is 0 Å². The third-order valence-electron chi connectivity index (χ3n) is 5.65. The molecule has 2 N–H and O–H groups in total. The van der Waals surface area contributed by atoms with Crippen molar-refractivity contribution in [3.8, 4) is 0 Å². The lowest BCUT2D eigenvalue weighted by molar-refractivity contribution is 0.0943. The molecule has 0 saturated heterocycles. The fourth-order valence-corrected chi connectivity index (χ4v) is 4.06. The lowest BCUT2D eigenvalue weighted by Crippen LogP contribution is -2.32. The Morgan fingerprint density at radius 2 is 1.63 bits per heavy atom. The largest absolute Gasteiger partial charge is 0.360 e. The molecule has 4 heteroatoms. The summed E-state index contributed by atoms with van der Waals surface area (Å²) in [6, 6.07) is 25.4. The van der Waals surface area contributed by atoms with E-state index in [9.17, 15) is 4.79 Å². The van der Waals surface area contributed by atoms with Gasteiger partial charge in [-0.25, -0.2) is 0 Å². The van der Waals surface area contributed by atoms with Crippen LogP contribution in [0.15, 0.2) is 85.1 Å². The lowest BCUT2D eigenvalue weighted by atomic mass is 9.93. The number of ketones is 1. The van der Waals surface area contributed by atoms with E-state index in [1.807, 2.05) is 72.9 Å². The van der Waals surface area contributed by atoms with Gasteiger partial charge in [0.15, 0.2) is 5.78 Å². The summed E-state index contributed by atoms with van der Waals surface area (Å²) >= 11 is 6.05. The van der Waals surface area contributed by atoms with E-state index in [1.165, 1.54) is 5.56 Å². The van der Waals surface area contributed by atoms with E-state index in [-0.39, 0.29) is 5.78 Å². The second-order valence-electron chi connectivity index (χ2n) is 7.52. The van der Waals surface area contributed by atoms with Crippen LogP contribution in [0.4, 0.5) is 0 Å². The van der Waals surface area contributed by atoms with Gasteiger partial charge in [-0.05, 0) is 41.7 Å². The zero-order valence-corrected chi connectivity index (χ0v) is 17.7. The number of rotatable bonds is 8. The third-order valence-corrected chi connectivity index (χ3v) is 5.90. The predicted molar refractivity (Wildman–Crippen MR) is 124 cm³/mol. The summed E-state index contributed by atoms with van der Waals surface area (Å²) < 4.78 is 0. The van der Waals surface area contributed by atoms with Gasteiger partial charge in [0.1, 0.15) is 0 Å². The average Bonchev–Trinajstić information content (AvgIpc) is 3.22. The molecule has 4 aromatic rings. The molecule has 0 aliphatic carbocycles. The van der Waals surface area contributed by atoms with Crippen LogP contribution >= 0.6 is 11.6 Å². The summed E-state index contributed by atoms with van der Waals surface area (Å²) in [7, 11) is 0. The van der Waals surface area contributed by atoms with Crippen LogP contribution in [0.2, 0.25) is 5.02 Å². The summed E-state index contributed by atoms with van der Waals surface area (Å²) in [4.78, 5) is 16.8. The first-order valence-corrected chi connectivity index (χ1v) is 10.7. The van der Waals surface area contributed by atoms with E-state index in [2.05, 4.69) is 29.4 Å². The maximum atomic E-state index is 13.6. The van der Waals surface area contributed by atoms with Crippen molar-refractivity contribution in [1.29, 1.82) is 0 Å². The van der Waals surface area contributed by atoms with Gasteiger partial charge >= 0.3 is 0 Å². The summed E-state index contributed by atoms with van der Waals surface area (Å²) in [5.41, 5.74) is 3.88. The molecular weight excluding hydrogens is 392 g/mol. The molecule has 0 spiro atoms. The number of aromatic nitrogens is 1. The fraction of sp³-hybridized carbons (Fsp3) is 0.192. The number of nitrogens with one attached hydrogen (secondary N) is 2.